The quantitative estimate of drug-likeness (QED) is 0.439. The van der Waals surface area contributed by atoms with Crippen LogP contribution in [0.25, 0.3) is 0 Å². The highest BCUT2D eigenvalue weighted by molar-refractivity contribution is 6.06. The number of carbonyl (C=O) groups excluding carboxylic acids is 3. The Morgan fingerprint density at radius 3 is 2.60 bits per heavy atom. The highest BCUT2D eigenvalue weighted by atomic mass is 19.1. The molecule has 3 amide bonds. The van der Waals surface area contributed by atoms with Crippen LogP contribution in [0.1, 0.15) is 28.3 Å². The number of anilines is 2. The Balaban J connectivity index is 1.11. The maximum atomic E-state index is 13.9. The number of amides is 3. The number of pyridine rings is 1. The molecule has 0 saturated carbocycles. The Hall–Kier alpha value is -4.19. The predicted octanol–water partition coefficient (Wildman–Crippen LogP) is 2.11. The van der Waals surface area contributed by atoms with Crippen LogP contribution in [0.4, 0.5) is 15.9 Å². The van der Waals surface area contributed by atoms with Gasteiger partial charge in [0.2, 0.25) is 17.7 Å². The molecule has 1 aliphatic carbocycles. The number of fused-ring (bicyclic) bond motifs is 3. The van der Waals surface area contributed by atoms with Crippen LogP contribution >= 0.6 is 0 Å². The van der Waals surface area contributed by atoms with Crippen LogP contribution in [0, 0.1) is 5.82 Å². The zero-order valence-corrected chi connectivity index (χ0v) is 22.8. The molecule has 2 spiro atoms. The second-order valence-electron chi connectivity index (χ2n) is 11.4. The molecule has 3 aliphatic heterocycles. The van der Waals surface area contributed by atoms with Crippen molar-refractivity contribution in [2.45, 2.75) is 29.8 Å². The summed E-state index contributed by atoms with van der Waals surface area (Å²) in [5.74, 6) is -0.530. The van der Waals surface area contributed by atoms with Crippen molar-refractivity contribution in [3.63, 3.8) is 0 Å². The fraction of sp³-hybridized carbons (Fsp3) is 0.355. The summed E-state index contributed by atoms with van der Waals surface area (Å²) in [6.07, 6.45) is 2.72. The van der Waals surface area contributed by atoms with Gasteiger partial charge >= 0.3 is 0 Å². The molecule has 42 heavy (non-hydrogen) atoms. The number of hydrogen-bond acceptors (Lipinski definition) is 7. The zero-order chi connectivity index (χ0) is 28.9. The molecule has 3 aromatic rings. The molecule has 11 heteroatoms. The lowest BCUT2D eigenvalue weighted by molar-refractivity contribution is -0.151. The van der Waals surface area contributed by atoms with Crippen molar-refractivity contribution in [1.29, 1.82) is 0 Å². The van der Waals surface area contributed by atoms with Crippen LogP contribution in [-0.2, 0) is 42.1 Å². The van der Waals surface area contributed by atoms with Gasteiger partial charge in [0.25, 0.3) is 0 Å². The van der Waals surface area contributed by atoms with Gasteiger partial charge in [0.15, 0.2) is 0 Å². The van der Waals surface area contributed by atoms with Gasteiger partial charge in [0, 0.05) is 24.0 Å². The lowest BCUT2D eigenvalue weighted by atomic mass is 9.79. The average molecular weight is 572 g/mol. The van der Waals surface area contributed by atoms with E-state index in [0.29, 0.717) is 49.7 Å². The first-order valence-electron chi connectivity index (χ1n) is 14.0. The van der Waals surface area contributed by atoms with Crippen LogP contribution in [0.5, 0.6) is 0 Å². The van der Waals surface area contributed by atoms with Crippen molar-refractivity contribution < 1.29 is 28.2 Å². The summed E-state index contributed by atoms with van der Waals surface area (Å²) in [6.45, 7) is 1.13. The number of hydrogen-bond donors (Lipinski definition) is 3. The van der Waals surface area contributed by atoms with Gasteiger partial charge in [-0.25, -0.2) is 9.37 Å². The summed E-state index contributed by atoms with van der Waals surface area (Å²) in [4.78, 5) is 46.3. The monoisotopic (exact) mass is 571 g/mol. The molecule has 3 N–H and O–H groups in total. The first-order chi connectivity index (χ1) is 20.4. The summed E-state index contributed by atoms with van der Waals surface area (Å²) >= 11 is 0. The van der Waals surface area contributed by atoms with Gasteiger partial charge in [-0.2, -0.15) is 0 Å². The standard InChI is InChI=1S/C31H30FN5O5/c32-22-6-3-19(4-7-22)25-15-34-31(17-41-10-11-42-18-31)29(40)37(25)16-26(38)35-23-8-5-20-13-30(14-21(20)12-23)24-2-1-9-33-27(24)36-28(30)39/h1-9,12,25,34H,10-11,13-18H2,(H,35,38)(H,33,36,39)/t25?,30-/m0/s1. The summed E-state index contributed by atoms with van der Waals surface area (Å²) in [5.41, 5.74) is 2.39. The van der Waals surface area contributed by atoms with Gasteiger partial charge in [-0.1, -0.05) is 24.3 Å². The second kappa shape index (κ2) is 10.3. The number of rotatable bonds is 4. The topological polar surface area (TPSA) is 122 Å². The molecule has 2 atom stereocenters. The minimum atomic E-state index is -1.11. The first-order valence-corrected chi connectivity index (χ1v) is 14.0. The van der Waals surface area contributed by atoms with Crippen LogP contribution in [0.3, 0.4) is 0 Å². The molecule has 1 unspecified atom stereocenters. The molecule has 2 saturated heterocycles. The number of aromatic nitrogens is 1. The molecule has 1 aromatic heterocycles. The summed E-state index contributed by atoms with van der Waals surface area (Å²) < 4.78 is 25.0. The number of benzene rings is 2. The Morgan fingerprint density at radius 1 is 1.05 bits per heavy atom. The van der Waals surface area contributed by atoms with Crippen molar-refractivity contribution in [3.05, 3.63) is 88.9 Å². The third kappa shape index (κ3) is 4.44. The predicted molar refractivity (Wildman–Crippen MR) is 150 cm³/mol. The van der Waals surface area contributed by atoms with Gasteiger partial charge in [0.1, 0.15) is 23.7 Å². The van der Waals surface area contributed by atoms with E-state index in [1.165, 1.54) is 17.0 Å². The lowest BCUT2D eigenvalue weighted by Crippen LogP contribution is -2.69. The summed E-state index contributed by atoms with van der Waals surface area (Å²) in [7, 11) is 0. The Morgan fingerprint density at radius 2 is 1.81 bits per heavy atom. The minimum absolute atomic E-state index is 0.0672. The van der Waals surface area contributed by atoms with Crippen LogP contribution in [0.15, 0.2) is 60.8 Å². The normalized spacial score (nSPS) is 24.3. The molecule has 0 radical (unpaired) electrons. The van der Waals surface area contributed by atoms with Gasteiger partial charge in [0.05, 0.1) is 37.9 Å². The van der Waals surface area contributed by atoms with Gasteiger partial charge < -0.3 is 25.0 Å². The number of nitrogens with zero attached hydrogens (tertiary/aromatic N) is 2. The SMILES string of the molecule is O=C(CN1C(=O)C2(COCCOC2)NCC1c1ccc(F)cc1)Nc1ccc2c(c1)C[C@]1(C2)C(=O)Nc2ncccc21. The number of carbonyl (C=O) groups is 3. The average Bonchev–Trinajstić information content (AvgIpc) is 3.38. The van der Waals surface area contributed by atoms with E-state index >= 15 is 0 Å². The third-order valence-corrected chi connectivity index (χ3v) is 8.78. The maximum Gasteiger partial charge on any atom is 0.248 e. The van der Waals surface area contributed by atoms with Crippen LogP contribution in [-0.4, -0.2) is 72.7 Å². The molecule has 2 aromatic carbocycles. The largest absolute Gasteiger partial charge is 0.376 e. The number of piperazine rings is 1. The maximum absolute atomic E-state index is 13.9. The molecule has 4 heterocycles. The number of halogens is 1. The highest BCUT2D eigenvalue weighted by Crippen LogP contribution is 2.47. The van der Waals surface area contributed by atoms with Gasteiger partial charge in [-0.3, -0.25) is 19.7 Å². The van der Waals surface area contributed by atoms with Crippen molar-refractivity contribution in [2.24, 2.45) is 0 Å². The molecule has 7 rings (SSSR count). The Kier molecular flexibility index (Phi) is 6.52. The van der Waals surface area contributed by atoms with Crippen LogP contribution < -0.4 is 16.0 Å². The van der Waals surface area contributed by atoms with E-state index in [1.54, 1.807) is 18.3 Å². The number of ether oxygens (including phenoxy) is 2. The van der Waals surface area contributed by atoms with Crippen molar-refractivity contribution >= 4 is 29.2 Å². The van der Waals surface area contributed by atoms with Crippen molar-refractivity contribution in [3.8, 4) is 0 Å². The molecule has 10 nitrogen and oxygen atoms in total. The van der Waals surface area contributed by atoms with Gasteiger partial charge in [-0.15, -0.1) is 0 Å². The molecular weight excluding hydrogens is 541 g/mol. The lowest BCUT2D eigenvalue weighted by Gasteiger charge is -2.45. The van der Waals surface area contributed by atoms with E-state index in [2.05, 4.69) is 20.9 Å². The fourth-order valence-electron chi connectivity index (χ4n) is 6.64. The second-order valence-corrected chi connectivity index (χ2v) is 11.4. The van der Waals surface area contributed by atoms with Gasteiger partial charge in [-0.05, 0) is 59.9 Å². The minimum Gasteiger partial charge on any atom is -0.376 e. The fourth-order valence-corrected chi connectivity index (χ4v) is 6.64. The van der Waals surface area contributed by atoms with Crippen molar-refractivity contribution in [2.75, 3.05) is 50.2 Å². The Labute approximate surface area is 241 Å². The molecule has 216 valence electrons. The Bertz CT molecular complexity index is 1570. The van der Waals surface area contributed by atoms with E-state index in [-0.39, 0.29) is 43.3 Å². The zero-order valence-electron chi connectivity index (χ0n) is 22.8. The van der Waals surface area contributed by atoms with E-state index in [0.717, 1.165) is 16.7 Å². The highest BCUT2D eigenvalue weighted by Gasteiger charge is 2.51. The third-order valence-electron chi connectivity index (χ3n) is 8.78. The smallest absolute Gasteiger partial charge is 0.248 e. The van der Waals surface area contributed by atoms with E-state index in [9.17, 15) is 18.8 Å². The summed E-state index contributed by atoms with van der Waals surface area (Å²) in [5, 5.41) is 9.15. The molecular formula is C31H30FN5O5. The van der Waals surface area contributed by atoms with E-state index < -0.39 is 17.0 Å². The summed E-state index contributed by atoms with van der Waals surface area (Å²) in [6, 6.07) is 14.9. The molecule has 4 aliphatic rings. The molecule has 0 bridgehead atoms. The van der Waals surface area contributed by atoms with Crippen LogP contribution in [0.2, 0.25) is 0 Å². The number of nitrogens with one attached hydrogen (secondary N) is 3. The first kappa shape index (κ1) is 26.7. The van der Waals surface area contributed by atoms with Crippen molar-refractivity contribution in [1.82, 2.24) is 15.2 Å². The van der Waals surface area contributed by atoms with E-state index in [4.69, 9.17) is 9.47 Å². The molecule has 2 fully saturated rings. The van der Waals surface area contributed by atoms with E-state index in [1.807, 2.05) is 30.3 Å².